The minimum absolute atomic E-state index is 0.0428. The molecular weight excluding hydrogens is 460 g/mol. The number of hydrogen-bond donors (Lipinski definition) is 1. The van der Waals surface area contributed by atoms with Crippen molar-refractivity contribution in [2.45, 2.75) is 89.5 Å². The van der Waals surface area contributed by atoms with E-state index >= 15 is 0 Å². The van der Waals surface area contributed by atoms with Gasteiger partial charge in [0.15, 0.2) is 0 Å². The third-order valence-electron chi connectivity index (χ3n) is 8.56. The van der Waals surface area contributed by atoms with E-state index in [1.165, 1.54) is 0 Å². The van der Waals surface area contributed by atoms with Crippen molar-refractivity contribution in [3.63, 3.8) is 0 Å². The smallest absolute Gasteiger partial charge is 0.312 e. The lowest BCUT2D eigenvalue weighted by Gasteiger charge is -2.41. The van der Waals surface area contributed by atoms with E-state index in [4.69, 9.17) is 9.47 Å². The summed E-state index contributed by atoms with van der Waals surface area (Å²) in [6, 6.07) is -1.47. The Labute approximate surface area is 215 Å². The molecule has 7 atom stereocenters. The van der Waals surface area contributed by atoms with Crippen molar-refractivity contribution < 1.29 is 29.0 Å². The molecule has 8 nitrogen and oxygen atoms in total. The summed E-state index contributed by atoms with van der Waals surface area (Å²) in [4.78, 5) is 45.1. The largest absolute Gasteiger partial charge is 0.465 e. The predicted octanol–water partition coefficient (Wildman–Crippen LogP) is 3.09. The SMILES string of the molecule is C=CCCOC(=O)[C@H]1[C@H]2C(=O)N([C@@H](CO)[C@@H](C)CC)C(C(=O)N(CC=C)CCCC)C23CC[C@]1(C)O3. The number of fused-ring (bicyclic) bond motifs is 1. The van der Waals surface area contributed by atoms with Crippen LogP contribution >= 0.6 is 0 Å². The van der Waals surface area contributed by atoms with E-state index in [1.54, 1.807) is 22.0 Å². The number of esters is 1. The molecule has 3 rings (SSSR count). The van der Waals surface area contributed by atoms with E-state index in [1.807, 2.05) is 20.8 Å². The number of carbonyl (C=O) groups excluding carboxylic acids is 3. The molecule has 1 N–H and O–H groups in total. The van der Waals surface area contributed by atoms with Gasteiger partial charge in [0, 0.05) is 13.1 Å². The van der Waals surface area contributed by atoms with Crippen molar-refractivity contribution in [3.8, 4) is 0 Å². The van der Waals surface area contributed by atoms with Crippen LogP contribution in [-0.4, -0.2) is 82.3 Å². The minimum Gasteiger partial charge on any atom is -0.465 e. The molecule has 0 aliphatic carbocycles. The van der Waals surface area contributed by atoms with Gasteiger partial charge in [-0.3, -0.25) is 14.4 Å². The van der Waals surface area contributed by atoms with Crippen LogP contribution in [0.4, 0.5) is 0 Å². The first-order valence-electron chi connectivity index (χ1n) is 13.5. The molecule has 2 amide bonds. The van der Waals surface area contributed by atoms with Gasteiger partial charge in [0.2, 0.25) is 11.8 Å². The van der Waals surface area contributed by atoms with Gasteiger partial charge >= 0.3 is 5.97 Å². The van der Waals surface area contributed by atoms with Crippen LogP contribution in [0.1, 0.15) is 66.2 Å². The lowest BCUT2D eigenvalue weighted by molar-refractivity contribution is -0.162. The summed E-state index contributed by atoms with van der Waals surface area (Å²) in [6.45, 7) is 16.2. The Morgan fingerprint density at radius 1 is 1.31 bits per heavy atom. The molecule has 0 aromatic heterocycles. The summed E-state index contributed by atoms with van der Waals surface area (Å²) in [6.07, 6.45) is 7.40. The van der Waals surface area contributed by atoms with Crippen LogP contribution in [0, 0.1) is 17.8 Å². The second-order valence-corrected chi connectivity index (χ2v) is 10.8. The standard InChI is InChI=1S/C28H44N2O6/c1-7-11-16-29(15-9-3)25(33)23-28-14-13-27(6,36-28)22(26(34)35-17-12-8-2)21(28)24(32)30(23)20(18-31)19(5)10-4/h8-9,19-23,31H,2-3,7,10-18H2,1,4-6H3/t19-,20-,21-,22+,23?,27-,28?/m0/s1. The van der Waals surface area contributed by atoms with Gasteiger partial charge in [-0.25, -0.2) is 0 Å². The first kappa shape index (κ1) is 28.4. The van der Waals surface area contributed by atoms with Crippen molar-refractivity contribution in [2.24, 2.45) is 17.8 Å². The molecule has 0 aromatic rings. The predicted molar refractivity (Wildman–Crippen MR) is 137 cm³/mol. The van der Waals surface area contributed by atoms with Crippen LogP contribution < -0.4 is 0 Å². The molecule has 3 aliphatic rings. The van der Waals surface area contributed by atoms with Crippen LogP contribution in [0.25, 0.3) is 0 Å². The van der Waals surface area contributed by atoms with E-state index in [2.05, 4.69) is 20.1 Å². The molecule has 0 aromatic carbocycles. The molecule has 1 spiro atoms. The summed E-state index contributed by atoms with van der Waals surface area (Å²) in [7, 11) is 0. The van der Waals surface area contributed by atoms with E-state index in [9.17, 15) is 19.5 Å². The van der Waals surface area contributed by atoms with Gasteiger partial charge in [0.1, 0.15) is 17.6 Å². The normalized spacial score (nSPS) is 32.2. The molecule has 2 unspecified atom stereocenters. The topological polar surface area (TPSA) is 96.4 Å². The van der Waals surface area contributed by atoms with Gasteiger partial charge in [0.25, 0.3) is 0 Å². The zero-order valence-electron chi connectivity index (χ0n) is 22.4. The number of likely N-dealkylation sites (tertiary alicyclic amines) is 1. The highest BCUT2D eigenvalue weighted by Gasteiger charge is 2.79. The van der Waals surface area contributed by atoms with Gasteiger partial charge in [-0.1, -0.05) is 45.8 Å². The number of nitrogens with zero attached hydrogens (tertiary/aromatic N) is 2. The molecule has 0 radical (unpaired) electrons. The number of unbranched alkanes of at least 4 members (excludes halogenated alkanes) is 1. The average molecular weight is 505 g/mol. The van der Waals surface area contributed by atoms with Crippen LogP contribution in [-0.2, 0) is 23.9 Å². The Kier molecular flexibility index (Phi) is 9.04. The molecule has 3 heterocycles. The second-order valence-electron chi connectivity index (χ2n) is 10.8. The van der Waals surface area contributed by atoms with Gasteiger partial charge in [-0.05, 0) is 38.5 Å². The molecule has 2 bridgehead atoms. The number of carbonyl (C=O) groups is 3. The highest BCUT2D eigenvalue weighted by atomic mass is 16.6. The molecule has 3 fully saturated rings. The Bertz CT molecular complexity index is 861. The first-order valence-corrected chi connectivity index (χ1v) is 13.5. The lowest BCUT2D eigenvalue weighted by Crippen LogP contribution is -2.60. The summed E-state index contributed by atoms with van der Waals surface area (Å²) in [5.41, 5.74) is -2.01. The van der Waals surface area contributed by atoms with Gasteiger partial charge in [0.05, 0.1) is 30.8 Å². The Balaban J connectivity index is 2.09. The zero-order chi connectivity index (χ0) is 26.7. The van der Waals surface area contributed by atoms with Crippen LogP contribution in [0.15, 0.2) is 25.3 Å². The van der Waals surface area contributed by atoms with Crippen molar-refractivity contribution in [2.75, 3.05) is 26.3 Å². The second kappa shape index (κ2) is 11.5. The van der Waals surface area contributed by atoms with Crippen molar-refractivity contribution >= 4 is 17.8 Å². The highest BCUT2D eigenvalue weighted by molar-refractivity contribution is 5.98. The molecule has 36 heavy (non-hydrogen) atoms. The number of amides is 2. The third kappa shape index (κ3) is 4.62. The van der Waals surface area contributed by atoms with E-state index < -0.39 is 41.1 Å². The van der Waals surface area contributed by atoms with Crippen LogP contribution in [0.2, 0.25) is 0 Å². The summed E-state index contributed by atoms with van der Waals surface area (Å²) in [5.74, 6) is -2.63. The monoisotopic (exact) mass is 504 g/mol. The van der Waals surface area contributed by atoms with Crippen LogP contribution in [0.5, 0.6) is 0 Å². The Morgan fingerprint density at radius 3 is 2.61 bits per heavy atom. The fourth-order valence-corrected chi connectivity index (χ4v) is 6.47. The maximum absolute atomic E-state index is 14.2. The van der Waals surface area contributed by atoms with E-state index in [-0.39, 0.29) is 30.9 Å². The summed E-state index contributed by atoms with van der Waals surface area (Å²) < 4.78 is 12.2. The molecular formula is C28H44N2O6. The van der Waals surface area contributed by atoms with Crippen molar-refractivity contribution in [1.82, 2.24) is 9.80 Å². The lowest BCUT2D eigenvalue weighted by atomic mass is 9.66. The number of aliphatic hydroxyl groups is 1. The fourth-order valence-electron chi connectivity index (χ4n) is 6.47. The number of hydrogen-bond acceptors (Lipinski definition) is 6. The van der Waals surface area contributed by atoms with E-state index in [0.717, 1.165) is 19.3 Å². The van der Waals surface area contributed by atoms with E-state index in [0.29, 0.717) is 32.4 Å². The third-order valence-corrected chi connectivity index (χ3v) is 8.56. The molecule has 8 heteroatoms. The highest BCUT2D eigenvalue weighted by Crippen LogP contribution is 2.64. The molecule has 3 saturated heterocycles. The van der Waals surface area contributed by atoms with Gasteiger partial charge in [-0.15, -0.1) is 13.2 Å². The minimum atomic E-state index is -1.13. The summed E-state index contributed by atoms with van der Waals surface area (Å²) >= 11 is 0. The number of ether oxygens (including phenoxy) is 2. The Morgan fingerprint density at radius 2 is 2.03 bits per heavy atom. The molecule has 0 saturated carbocycles. The average Bonchev–Trinajstić information content (AvgIpc) is 3.43. The quantitative estimate of drug-likeness (QED) is 0.222. The molecule has 3 aliphatic heterocycles. The number of rotatable bonds is 14. The summed E-state index contributed by atoms with van der Waals surface area (Å²) in [5, 5.41) is 10.4. The maximum Gasteiger partial charge on any atom is 0.312 e. The van der Waals surface area contributed by atoms with Crippen molar-refractivity contribution in [3.05, 3.63) is 25.3 Å². The fraction of sp³-hybridized carbons (Fsp3) is 0.750. The zero-order valence-corrected chi connectivity index (χ0v) is 22.4. The molecule has 202 valence electrons. The van der Waals surface area contributed by atoms with Crippen LogP contribution in [0.3, 0.4) is 0 Å². The van der Waals surface area contributed by atoms with Crippen molar-refractivity contribution in [1.29, 1.82) is 0 Å². The maximum atomic E-state index is 14.2. The van der Waals surface area contributed by atoms with Gasteiger partial charge in [-0.2, -0.15) is 0 Å². The van der Waals surface area contributed by atoms with Gasteiger partial charge < -0.3 is 24.4 Å². The first-order chi connectivity index (χ1) is 17.2. The Hall–Kier alpha value is -2.19. The number of aliphatic hydroxyl groups excluding tert-OH is 1.